The van der Waals surface area contributed by atoms with Gasteiger partial charge in [0, 0.05) is 6.42 Å². The molecule has 0 aliphatic rings. The van der Waals surface area contributed by atoms with Gasteiger partial charge in [0.05, 0.1) is 19.8 Å². The highest BCUT2D eigenvalue weighted by atomic mass is 16.6. The van der Waals surface area contributed by atoms with E-state index < -0.39 is 23.7 Å². The van der Waals surface area contributed by atoms with E-state index in [0.717, 1.165) is 16.7 Å². The molecule has 1 atom stereocenters. The van der Waals surface area contributed by atoms with Crippen molar-refractivity contribution in [2.24, 2.45) is 0 Å². The van der Waals surface area contributed by atoms with Crippen LogP contribution in [0.25, 0.3) is 11.1 Å². The van der Waals surface area contributed by atoms with Crippen LogP contribution in [-0.2, 0) is 25.4 Å². The Hall–Kier alpha value is -3.35. The van der Waals surface area contributed by atoms with Gasteiger partial charge >= 0.3 is 18.0 Å². The highest BCUT2D eigenvalue weighted by Crippen LogP contribution is 2.21. The molecule has 1 amide bonds. The Bertz CT molecular complexity index is 881. The number of ether oxygens (including phenoxy) is 3. The van der Waals surface area contributed by atoms with Crippen molar-refractivity contribution in [2.75, 3.05) is 14.2 Å². The molecule has 1 N–H and O–H groups in total. The van der Waals surface area contributed by atoms with Crippen LogP contribution in [-0.4, -0.2) is 43.9 Å². The van der Waals surface area contributed by atoms with E-state index >= 15 is 0 Å². The van der Waals surface area contributed by atoms with Crippen LogP contribution in [0.5, 0.6) is 0 Å². The lowest BCUT2D eigenvalue weighted by atomic mass is 10.00. The van der Waals surface area contributed by atoms with Gasteiger partial charge in [-0.05, 0) is 49.6 Å². The number of esters is 2. The standard InChI is InChI=1S/C23H27NO6/c1-23(2,3)30-22(27)24-19(21(26)29-5)14-15-6-8-16(9-7-15)17-10-12-18(13-11-17)20(25)28-4/h6-13,19H,14H2,1-5H3,(H,24,27)/t19-/m0/s1. The van der Waals surface area contributed by atoms with Crippen LogP contribution in [0.1, 0.15) is 36.7 Å². The molecule has 0 saturated carbocycles. The number of benzene rings is 2. The number of amides is 1. The molecule has 7 heteroatoms. The molecule has 7 nitrogen and oxygen atoms in total. The number of nitrogens with one attached hydrogen (secondary N) is 1. The van der Waals surface area contributed by atoms with Gasteiger partial charge in [0.15, 0.2) is 0 Å². The molecule has 0 aliphatic carbocycles. The zero-order chi connectivity index (χ0) is 22.3. The Morgan fingerprint density at radius 1 is 0.867 bits per heavy atom. The summed E-state index contributed by atoms with van der Waals surface area (Å²) in [5.41, 5.74) is 2.54. The molecule has 0 fully saturated rings. The predicted molar refractivity (Wildman–Crippen MR) is 112 cm³/mol. The third kappa shape index (κ3) is 6.62. The topological polar surface area (TPSA) is 90.9 Å². The van der Waals surface area contributed by atoms with Crippen LogP contribution in [0.15, 0.2) is 48.5 Å². The van der Waals surface area contributed by atoms with E-state index in [2.05, 4.69) is 5.32 Å². The molecule has 0 heterocycles. The summed E-state index contributed by atoms with van der Waals surface area (Å²) in [6.45, 7) is 5.24. The van der Waals surface area contributed by atoms with Crippen LogP contribution >= 0.6 is 0 Å². The highest BCUT2D eigenvalue weighted by molar-refractivity contribution is 5.90. The molecule has 0 spiro atoms. The lowest BCUT2D eigenvalue weighted by Gasteiger charge is -2.22. The van der Waals surface area contributed by atoms with E-state index in [9.17, 15) is 14.4 Å². The van der Waals surface area contributed by atoms with Gasteiger partial charge in [-0.1, -0.05) is 36.4 Å². The van der Waals surface area contributed by atoms with Crippen molar-refractivity contribution in [3.63, 3.8) is 0 Å². The Kier molecular flexibility index (Phi) is 7.58. The Morgan fingerprint density at radius 3 is 1.87 bits per heavy atom. The van der Waals surface area contributed by atoms with E-state index in [1.54, 1.807) is 32.9 Å². The first kappa shape index (κ1) is 22.9. The molecule has 0 aliphatic heterocycles. The average Bonchev–Trinajstić information content (AvgIpc) is 2.71. The van der Waals surface area contributed by atoms with Crippen molar-refractivity contribution in [3.05, 3.63) is 59.7 Å². The second-order valence-corrected chi connectivity index (χ2v) is 7.69. The summed E-state index contributed by atoms with van der Waals surface area (Å²) in [6.07, 6.45) is -0.423. The summed E-state index contributed by atoms with van der Waals surface area (Å²) >= 11 is 0. The van der Waals surface area contributed by atoms with Gasteiger partial charge in [0.1, 0.15) is 11.6 Å². The van der Waals surface area contributed by atoms with Crippen molar-refractivity contribution >= 4 is 18.0 Å². The van der Waals surface area contributed by atoms with Crippen LogP contribution in [0.3, 0.4) is 0 Å². The molecule has 2 aromatic carbocycles. The van der Waals surface area contributed by atoms with Gasteiger partial charge in [-0.3, -0.25) is 0 Å². The number of carbonyl (C=O) groups excluding carboxylic acids is 3. The smallest absolute Gasteiger partial charge is 0.408 e. The molecule has 0 saturated heterocycles. The minimum Gasteiger partial charge on any atom is -0.467 e. The third-order valence-electron chi connectivity index (χ3n) is 4.21. The van der Waals surface area contributed by atoms with E-state index in [4.69, 9.17) is 14.2 Å². The van der Waals surface area contributed by atoms with E-state index in [-0.39, 0.29) is 12.4 Å². The summed E-state index contributed by atoms with van der Waals surface area (Å²) < 4.78 is 14.7. The lowest BCUT2D eigenvalue weighted by Crippen LogP contribution is -2.45. The van der Waals surface area contributed by atoms with Crippen LogP contribution < -0.4 is 5.32 Å². The SMILES string of the molecule is COC(=O)c1ccc(-c2ccc(C[C@H](NC(=O)OC(C)(C)C)C(=O)OC)cc2)cc1. The maximum atomic E-state index is 12.1. The maximum Gasteiger partial charge on any atom is 0.408 e. The van der Waals surface area contributed by atoms with E-state index in [1.165, 1.54) is 14.2 Å². The van der Waals surface area contributed by atoms with Gasteiger partial charge in [0.25, 0.3) is 0 Å². The molecule has 0 unspecified atom stereocenters. The summed E-state index contributed by atoms with van der Waals surface area (Å²) in [5.74, 6) is -0.938. The summed E-state index contributed by atoms with van der Waals surface area (Å²) in [7, 11) is 2.61. The fraction of sp³-hybridized carbons (Fsp3) is 0.348. The predicted octanol–water partition coefficient (Wildman–Crippen LogP) is 3.75. The van der Waals surface area contributed by atoms with Crippen LogP contribution in [0.2, 0.25) is 0 Å². The monoisotopic (exact) mass is 413 g/mol. The largest absolute Gasteiger partial charge is 0.467 e. The third-order valence-corrected chi connectivity index (χ3v) is 4.21. The van der Waals surface area contributed by atoms with Gasteiger partial charge in [-0.25, -0.2) is 14.4 Å². The number of hydrogen-bond donors (Lipinski definition) is 1. The van der Waals surface area contributed by atoms with Crippen molar-refractivity contribution in [1.82, 2.24) is 5.32 Å². The number of hydrogen-bond acceptors (Lipinski definition) is 6. The number of carbonyl (C=O) groups is 3. The van der Waals surface area contributed by atoms with Crippen LogP contribution in [0.4, 0.5) is 4.79 Å². The van der Waals surface area contributed by atoms with Crippen molar-refractivity contribution in [3.8, 4) is 11.1 Å². The Balaban J connectivity index is 2.10. The molecule has 30 heavy (non-hydrogen) atoms. The minimum atomic E-state index is -0.866. The van der Waals surface area contributed by atoms with E-state index in [0.29, 0.717) is 5.56 Å². The number of rotatable bonds is 6. The quantitative estimate of drug-likeness (QED) is 0.573. The molecule has 2 aromatic rings. The van der Waals surface area contributed by atoms with Crippen molar-refractivity contribution < 1.29 is 28.6 Å². The van der Waals surface area contributed by atoms with Gasteiger partial charge < -0.3 is 19.5 Å². The maximum absolute atomic E-state index is 12.1. The fourth-order valence-electron chi connectivity index (χ4n) is 2.77. The lowest BCUT2D eigenvalue weighted by molar-refractivity contribution is -0.143. The molecular weight excluding hydrogens is 386 g/mol. The first-order valence-electron chi connectivity index (χ1n) is 9.48. The van der Waals surface area contributed by atoms with Crippen LogP contribution in [0, 0.1) is 0 Å². The Labute approximate surface area is 176 Å². The minimum absolute atomic E-state index is 0.257. The number of methoxy groups -OCH3 is 2. The fourth-order valence-corrected chi connectivity index (χ4v) is 2.77. The molecule has 0 radical (unpaired) electrons. The second-order valence-electron chi connectivity index (χ2n) is 7.69. The summed E-state index contributed by atoms with van der Waals surface area (Å²) in [4.78, 5) is 35.7. The van der Waals surface area contributed by atoms with Gasteiger partial charge in [-0.2, -0.15) is 0 Å². The second kappa shape index (κ2) is 9.91. The molecule has 0 aromatic heterocycles. The molecular formula is C23H27NO6. The average molecular weight is 413 g/mol. The van der Waals surface area contributed by atoms with E-state index in [1.807, 2.05) is 36.4 Å². The molecule has 0 bridgehead atoms. The zero-order valence-electron chi connectivity index (χ0n) is 17.9. The zero-order valence-corrected chi connectivity index (χ0v) is 17.9. The first-order chi connectivity index (χ1) is 14.1. The normalized spacial score (nSPS) is 11.9. The summed E-state index contributed by atoms with van der Waals surface area (Å²) in [6, 6.07) is 13.8. The van der Waals surface area contributed by atoms with Gasteiger partial charge in [-0.15, -0.1) is 0 Å². The van der Waals surface area contributed by atoms with Gasteiger partial charge in [0.2, 0.25) is 0 Å². The Morgan fingerprint density at radius 2 is 1.40 bits per heavy atom. The number of alkyl carbamates (subject to hydrolysis) is 1. The first-order valence-corrected chi connectivity index (χ1v) is 9.48. The molecule has 160 valence electrons. The summed E-state index contributed by atoms with van der Waals surface area (Å²) in [5, 5.41) is 2.56. The molecule has 2 rings (SSSR count). The highest BCUT2D eigenvalue weighted by Gasteiger charge is 2.25. The van der Waals surface area contributed by atoms with Crippen molar-refractivity contribution in [1.29, 1.82) is 0 Å². The van der Waals surface area contributed by atoms with Crippen molar-refractivity contribution in [2.45, 2.75) is 38.8 Å².